The van der Waals surface area contributed by atoms with Crippen LogP contribution in [0.2, 0.25) is 0 Å². The van der Waals surface area contributed by atoms with Crippen molar-refractivity contribution >= 4 is 5.91 Å². The summed E-state index contributed by atoms with van der Waals surface area (Å²) in [6.45, 7) is 11.4. The molecule has 92 valence electrons. The van der Waals surface area contributed by atoms with Crippen molar-refractivity contribution in [3.8, 4) is 0 Å². The standard InChI is InChI=1S/C12H23N3O/c1-10(16)15-7-4-11(12(15,2)3)14-8-5-13-6-9-14/h11,13H,4-9H2,1-3H3. The molecule has 4 nitrogen and oxygen atoms in total. The van der Waals surface area contributed by atoms with E-state index in [-0.39, 0.29) is 11.4 Å². The highest BCUT2D eigenvalue weighted by Gasteiger charge is 2.45. The highest BCUT2D eigenvalue weighted by atomic mass is 16.2. The predicted octanol–water partition coefficient (Wildman–Crippen LogP) is 0.291. The monoisotopic (exact) mass is 225 g/mol. The number of carbonyl (C=O) groups is 1. The number of likely N-dealkylation sites (tertiary alicyclic amines) is 1. The van der Waals surface area contributed by atoms with Gasteiger partial charge in [0.1, 0.15) is 0 Å². The molecule has 1 N–H and O–H groups in total. The maximum absolute atomic E-state index is 11.6. The third-order valence-corrected chi connectivity index (χ3v) is 4.11. The van der Waals surface area contributed by atoms with Crippen molar-refractivity contribution in [1.82, 2.24) is 15.1 Å². The van der Waals surface area contributed by atoms with E-state index >= 15 is 0 Å². The SMILES string of the molecule is CC(=O)N1CCC(N2CCNCC2)C1(C)C. The zero-order valence-electron chi connectivity index (χ0n) is 10.6. The Morgan fingerprint density at radius 1 is 1.25 bits per heavy atom. The molecule has 2 saturated heterocycles. The lowest BCUT2D eigenvalue weighted by atomic mass is 9.93. The minimum Gasteiger partial charge on any atom is -0.336 e. The molecule has 16 heavy (non-hydrogen) atoms. The molecule has 0 saturated carbocycles. The average Bonchev–Trinajstić information content (AvgIpc) is 2.55. The van der Waals surface area contributed by atoms with Gasteiger partial charge in [0.25, 0.3) is 0 Å². The molecule has 2 aliphatic heterocycles. The molecule has 4 heteroatoms. The van der Waals surface area contributed by atoms with Crippen molar-refractivity contribution in [2.45, 2.75) is 38.8 Å². The fourth-order valence-electron chi connectivity index (χ4n) is 3.26. The first kappa shape index (κ1) is 11.9. The Morgan fingerprint density at radius 3 is 2.38 bits per heavy atom. The highest BCUT2D eigenvalue weighted by Crippen LogP contribution is 2.32. The number of hydrogen-bond donors (Lipinski definition) is 1. The Bertz CT molecular complexity index is 271. The highest BCUT2D eigenvalue weighted by molar-refractivity contribution is 5.74. The van der Waals surface area contributed by atoms with Gasteiger partial charge in [0, 0.05) is 45.7 Å². The molecule has 0 aromatic carbocycles. The van der Waals surface area contributed by atoms with Crippen LogP contribution in [0.5, 0.6) is 0 Å². The first-order valence-corrected chi connectivity index (χ1v) is 6.26. The van der Waals surface area contributed by atoms with Crippen LogP contribution in [0.4, 0.5) is 0 Å². The van der Waals surface area contributed by atoms with E-state index in [1.807, 2.05) is 4.90 Å². The van der Waals surface area contributed by atoms with Gasteiger partial charge in [-0.3, -0.25) is 9.69 Å². The third kappa shape index (κ3) is 1.96. The van der Waals surface area contributed by atoms with Gasteiger partial charge in [-0.1, -0.05) is 0 Å². The largest absolute Gasteiger partial charge is 0.336 e. The first-order valence-electron chi connectivity index (χ1n) is 6.26. The fraction of sp³-hybridized carbons (Fsp3) is 0.917. The molecule has 0 aliphatic carbocycles. The second-order valence-corrected chi connectivity index (χ2v) is 5.41. The molecule has 2 aliphatic rings. The summed E-state index contributed by atoms with van der Waals surface area (Å²) in [5.74, 6) is 0.211. The van der Waals surface area contributed by atoms with Gasteiger partial charge in [-0.15, -0.1) is 0 Å². The van der Waals surface area contributed by atoms with E-state index in [1.54, 1.807) is 6.92 Å². The number of hydrogen-bond acceptors (Lipinski definition) is 3. The Morgan fingerprint density at radius 2 is 1.88 bits per heavy atom. The van der Waals surface area contributed by atoms with Crippen LogP contribution in [0.15, 0.2) is 0 Å². The lowest BCUT2D eigenvalue weighted by Crippen LogP contribution is -2.57. The van der Waals surface area contributed by atoms with Crippen LogP contribution in [0.1, 0.15) is 27.2 Å². The zero-order chi connectivity index (χ0) is 11.8. The third-order valence-electron chi connectivity index (χ3n) is 4.11. The Labute approximate surface area is 98.0 Å². The Balaban J connectivity index is 2.08. The van der Waals surface area contributed by atoms with Crippen molar-refractivity contribution in [1.29, 1.82) is 0 Å². The molecule has 1 atom stereocenters. The van der Waals surface area contributed by atoms with Gasteiger partial charge in [0.15, 0.2) is 0 Å². The average molecular weight is 225 g/mol. The predicted molar refractivity (Wildman–Crippen MR) is 64.3 cm³/mol. The van der Waals surface area contributed by atoms with Gasteiger partial charge in [0.05, 0.1) is 5.54 Å². The molecule has 2 heterocycles. The van der Waals surface area contributed by atoms with E-state index in [9.17, 15) is 4.79 Å². The van der Waals surface area contributed by atoms with Crippen molar-refractivity contribution < 1.29 is 4.79 Å². The van der Waals surface area contributed by atoms with Gasteiger partial charge in [0.2, 0.25) is 5.91 Å². The van der Waals surface area contributed by atoms with Gasteiger partial charge in [-0.25, -0.2) is 0 Å². The summed E-state index contributed by atoms with van der Waals surface area (Å²) in [7, 11) is 0. The summed E-state index contributed by atoms with van der Waals surface area (Å²) in [5.41, 5.74) is -0.0107. The van der Waals surface area contributed by atoms with Crippen LogP contribution < -0.4 is 5.32 Å². The molecule has 0 bridgehead atoms. The van der Waals surface area contributed by atoms with Crippen LogP contribution >= 0.6 is 0 Å². The normalized spacial score (nSPS) is 30.7. The van der Waals surface area contributed by atoms with Crippen molar-refractivity contribution in [3.05, 3.63) is 0 Å². The summed E-state index contributed by atoms with van der Waals surface area (Å²) in [4.78, 5) is 16.2. The van der Waals surface area contributed by atoms with E-state index in [2.05, 4.69) is 24.1 Å². The van der Waals surface area contributed by atoms with Crippen molar-refractivity contribution in [2.75, 3.05) is 32.7 Å². The van der Waals surface area contributed by atoms with Crippen molar-refractivity contribution in [2.24, 2.45) is 0 Å². The van der Waals surface area contributed by atoms with E-state index in [4.69, 9.17) is 0 Å². The number of nitrogens with zero attached hydrogens (tertiary/aromatic N) is 2. The Hall–Kier alpha value is -0.610. The van der Waals surface area contributed by atoms with Crippen LogP contribution in [-0.2, 0) is 4.79 Å². The first-order chi connectivity index (χ1) is 7.53. The van der Waals surface area contributed by atoms with Crippen LogP contribution in [0.3, 0.4) is 0 Å². The Kier molecular flexibility index (Phi) is 3.22. The van der Waals surface area contributed by atoms with Crippen LogP contribution in [0.25, 0.3) is 0 Å². The molecule has 1 amide bonds. The lowest BCUT2D eigenvalue weighted by Gasteiger charge is -2.42. The molecule has 2 rings (SSSR count). The van der Waals surface area contributed by atoms with E-state index < -0.39 is 0 Å². The van der Waals surface area contributed by atoms with Gasteiger partial charge >= 0.3 is 0 Å². The topological polar surface area (TPSA) is 35.6 Å². The van der Waals surface area contributed by atoms with Gasteiger partial charge in [-0.05, 0) is 20.3 Å². The van der Waals surface area contributed by atoms with Crippen LogP contribution in [0, 0.1) is 0 Å². The molecule has 0 aromatic rings. The minimum absolute atomic E-state index is 0.0107. The summed E-state index contributed by atoms with van der Waals surface area (Å²) >= 11 is 0. The summed E-state index contributed by atoms with van der Waals surface area (Å²) in [6.07, 6.45) is 1.12. The molecule has 0 aromatic heterocycles. The summed E-state index contributed by atoms with van der Waals surface area (Å²) in [5, 5.41) is 3.38. The van der Waals surface area contributed by atoms with Gasteiger partial charge in [-0.2, -0.15) is 0 Å². The molecular formula is C12H23N3O. The van der Waals surface area contributed by atoms with E-state index in [0.29, 0.717) is 6.04 Å². The fourth-order valence-corrected chi connectivity index (χ4v) is 3.26. The quantitative estimate of drug-likeness (QED) is 0.697. The van der Waals surface area contributed by atoms with E-state index in [1.165, 1.54) is 0 Å². The maximum atomic E-state index is 11.6. The summed E-state index contributed by atoms with van der Waals surface area (Å²) in [6, 6.07) is 0.526. The molecular weight excluding hydrogens is 202 g/mol. The van der Waals surface area contributed by atoms with Crippen LogP contribution in [-0.4, -0.2) is 60.0 Å². The van der Waals surface area contributed by atoms with Gasteiger partial charge < -0.3 is 10.2 Å². The minimum atomic E-state index is -0.0107. The maximum Gasteiger partial charge on any atom is 0.219 e. The van der Waals surface area contributed by atoms with E-state index in [0.717, 1.165) is 39.1 Å². The second-order valence-electron chi connectivity index (χ2n) is 5.41. The van der Waals surface area contributed by atoms with Crippen molar-refractivity contribution in [3.63, 3.8) is 0 Å². The molecule has 1 unspecified atom stereocenters. The summed E-state index contributed by atoms with van der Waals surface area (Å²) < 4.78 is 0. The lowest BCUT2D eigenvalue weighted by molar-refractivity contribution is -0.132. The molecule has 0 spiro atoms. The number of piperazine rings is 1. The number of rotatable bonds is 1. The zero-order valence-corrected chi connectivity index (χ0v) is 10.6. The molecule has 2 fully saturated rings. The smallest absolute Gasteiger partial charge is 0.219 e. The molecule has 0 radical (unpaired) electrons. The number of nitrogens with one attached hydrogen (secondary N) is 1. The second kappa shape index (κ2) is 4.34. The number of carbonyl (C=O) groups excluding carboxylic acids is 1. The number of amides is 1.